The highest BCUT2D eigenvalue weighted by Crippen LogP contribution is 2.35. The Kier molecular flexibility index (Phi) is 6.37. The van der Waals surface area contributed by atoms with Crippen molar-refractivity contribution in [2.75, 3.05) is 15.5 Å². The number of anilines is 3. The van der Waals surface area contributed by atoms with E-state index < -0.39 is 23.5 Å². The fourth-order valence-corrected chi connectivity index (χ4v) is 3.80. The molecule has 1 aliphatic rings. The number of hydrogen-bond acceptors (Lipinski definition) is 4. The summed E-state index contributed by atoms with van der Waals surface area (Å²) in [5.41, 5.74) is 0.711. The SMILES string of the molecule is O=C(Nc1ccccc1F)c1ccc(NC2=C(Cl)C(=O)N(c3ccc(Cl)cc3Cl)C2=O)cc1. The van der Waals surface area contributed by atoms with E-state index in [0.717, 1.165) is 4.90 Å². The molecule has 0 saturated carbocycles. The lowest BCUT2D eigenvalue weighted by Gasteiger charge is -2.16. The van der Waals surface area contributed by atoms with Crippen molar-refractivity contribution in [3.63, 3.8) is 0 Å². The van der Waals surface area contributed by atoms with Crippen LogP contribution < -0.4 is 15.5 Å². The van der Waals surface area contributed by atoms with Crippen LogP contribution in [0, 0.1) is 5.82 Å². The van der Waals surface area contributed by atoms with E-state index in [0.29, 0.717) is 10.7 Å². The zero-order valence-corrected chi connectivity index (χ0v) is 18.8. The number of imide groups is 1. The first kappa shape index (κ1) is 22.8. The maximum absolute atomic E-state index is 13.7. The molecule has 10 heteroatoms. The number of para-hydroxylation sites is 1. The monoisotopic (exact) mass is 503 g/mol. The average Bonchev–Trinajstić information content (AvgIpc) is 2.99. The van der Waals surface area contributed by atoms with Gasteiger partial charge in [0.2, 0.25) is 0 Å². The normalized spacial score (nSPS) is 13.5. The van der Waals surface area contributed by atoms with Crippen molar-refractivity contribution in [2.24, 2.45) is 0 Å². The Hall–Kier alpha value is -3.39. The lowest BCUT2D eigenvalue weighted by Crippen LogP contribution is -2.32. The van der Waals surface area contributed by atoms with Gasteiger partial charge in [-0.25, -0.2) is 9.29 Å². The van der Waals surface area contributed by atoms with Crippen molar-refractivity contribution in [1.82, 2.24) is 0 Å². The summed E-state index contributed by atoms with van der Waals surface area (Å²) < 4.78 is 13.7. The fourth-order valence-electron chi connectivity index (χ4n) is 3.10. The lowest BCUT2D eigenvalue weighted by atomic mass is 10.2. The van der Waals surface area contributed by atoms with Gasteiger partial charge in [-0.2, -0.15) is 0 Å². The molecule has 3 aromatic carbocycles. The Morgan fingerprint density at radius 1 is 0.879 bits per heavy atom. The molecule has 0 radical (unpaired) electrons. The number of hydrogen-bond donors (Lipinski definition) is 2. The molecule has 0 aromatic heterocycles. The fraction of sp³-hybridized carbons (Fsp3) is 0. The smallest absolute Gasteiger partial charge is 0.283 e. The van der Waals surface area contributed by atoms with Crippen LogP contribution >= 0.6 is 34.8 Å². The molecule has 0 bridgehead atoms. The van der Waals surface area contributed by atoms with Crippen LogP contribution in [-0.2, 0) is 9.59 Å². The molecule has 0 spiro atoms. The van der Waals surface area contributed by atoms with Gasteiger partial charge >= 0.3 is 0 Å². The first-order valence-corrected chi connectivity index (χ1v) is 10.6. The molecule has 0 fully saturated rings. The van der Waals surface area contributed by atoms with E-state index in [9.17, 15) is 18.8 Å². The van der Waals surface area contributed by atoms with Crippen molar-refractivity contribution >= 4 is 69.6 Å². The molecule has 166 valence electrons. The zero-order valence-electron chi connectivity index (χ0n) is 16.5. The van der Waals surface area contributed by atoms with Gasteiger partial charge in [-0.3, -0.25) is 14.4 Å². The third kappa shape index (κ3) is 4.57. The first-order valence-electron chi connectivity index (χ1n) is 9.43. The number of rotatable bonds is 5. The third-order valence-corrected chi connectivity index (χ3v) is 5.60. The molecular weight excluding hydrogens is 492 g/mol. The molecule has 0 aliphatic carbocycles. The lowest BCUT2D eigenvalue weighted by molar-refractivity contribution is -0.120. The summed E-state index contributed by atoms with van der Waals surface area (Å²) in [5.74, 6) is -2.51. The van der Waals surface area contributed by atoms with Gasteiger partial charge in [-0.15, -0.1) is 0 Å². The van der Waals surface area contributed by atoms with E-state index >= 15 is 0 Å². The van der Waals surface area contributed by atoms with Crippen molar-refractivity contribution in [1.29, 1.82) is 0 Å². The maximum Gasteiger partial charge on any atom is 0.283 e. The minimum absolute atomic E-state index is 0.0534. The van der Waals surface area contributed by atoms with E-state index in [1.807, 2.05) is 0 Å². The highest BCUT2D eigenvalue weighted by atomic mass is 35.5. The summed E-state index contributed by atoms with van der Waals surface area (Å²) in [6.07, 6.45) is 0. The molecule has 1 aliphatic heterocycles. The summed E-state index contributed by atoms with van der Waals surface area (Å²) >= 11 is 18.1. The van der Waals surface area contributed by atoms with Crippen LogP contribution in [0.3, 0.4) is 0 Å². The number of carbonyl (C=O) groups is 3. The Morgan fingerprint density at radius 2 is 1.58 bits per heavy atom. The van der Waals surface area contributed by atoms with E-state index in [2.05, 4.69) is 10.6 Å². The van der Waals surface area contributed by atoms with Crippen LogP contribution in [0.5, 0.6) is 0 Å². The molecule has 2 N–H and O–H groups in total. The minimum atomic E-state index is -0.741. The molecule has 3 aromatic rings. The van der Waals surface area contributed by atoms with Gasteiger partial charge < -0.3 is 10.6 Å². The molecule has 0 atom stereocenters. The minimum Gasteiger partial charge on any atom is -0.350 e. The summed E-state index contributed by atoms with van der Waals surface area (Å²) in [6.45, 7) is 0. The number of carbonyl (C=O) groups excluding carboxylic acids is 3. The number of halogens is 4. The van der Waals surface area contributed by atoms with E-state index in [-0.39, 0.29) is 32.7 Å². The number of amides is 3. The molecule has 1 heterocycles. The standard InChI is InChI=1S/C23H13Cl3FN3O3/c24-13-7-10-18(15(25)11-13)30-22(32)19(26)20(23(30)33)28-14-8-5-12(6-9-14)21(31)29-17-4-2-1-3-16(17)27/h1-11,28H,(H,29,31). The second-order valence-electron chi connectivity index (χ2n) is 6.87. The van der Waals surface area contributed by atoms with Crippen LogP contribution in [0.25, 0.3) is 0 Å². The van der Waals surface area contributed by atoms with Crippen LogP contribution in [0.2, 0.25) is 10.0 Å². The molecule has 0 saturated heterocycles. The quantitative estimate of drug-likeness (QED) is 0.429. The van der Waals surface area contributed by atoms with Crippen LogP contribution in [0.15, 0.2) is 77.5 Å². The van der Waals surface area contributed by atoms with Crippen molar-refractivity contribution in [2.45, 2.75) is 0 Å². The second-order valence-corrected chi connectivity index (χ2v) is 8.09. The molecule has 33 heavy (non-hydrogen) atoms. The van der Waals surface area contributed by atoms with Crippen LogP contribution in [0.4, 0.5) is 21.5 Å². The van der Waals surface area contributed by atoms with E-state index in [1.165, 1.54) is 60.7 Å². The van der Waals surface area contributed by atoms with Gasteiger partial charge in [-0.1, -0.05) is 46.9 Å². The summed E-state index contributed by atoms with van der Waals surface area (Å²) in [6, 6.07) is 16.1. The summed E-state index contributed by atoms with van der Waals surface area (Å²) in [5, 5.41) is 5.43. The van der Waals surface area contributed by atoms with Crippen LogP contribution in [-0.4, -0.2) is 17.7 Å². The number of nitrogens with one attached hydrogen (secondary N) is 2. The highest BCUT2D eigenvalue weighted by Gasteiger charge is 2.39. The van der Waals surface area contributed by atoms with Gasteiger partial charge in [0.05, 0.1) is 16.4 Å². The Morgan fingerprint density at radius 3 is 2.24 bits per heavy atom. The van der Waals surface area contributed by atoms with E-state index in [4.69, 9.17) is 34.8 Å². The maximum atomic E-state index is 13.7. The number of benzene rings is 3. The predicted molar refractivity (Wildman–Crippen MR) is 126 cm³/mol. The summed E-state index contributed by atoms with van der Waals surface area (Å²) in [4.78, 5) is 38.7. The third-order valence-electron chi connectivity index (χ3n) is 4.72. The second kappa shape index (κ2) is 9.23. The number of nitrogens with zero attached hydrogens (tertiary/aromatic N) is 1. The van der Waals surface area contributed by atoms with Crippen LogP contribution in [0.1, 0.15) is 10.4 Å². The van der Waals surface area contributed by atoms with Gasteiger partial charge in [0.1, 0.15) is 16.5 Å². The molecule has 4 rings (SSSR count). The Bertz CT molecular complexity index is 1330. The molecule has 6 nitrogen and oxygen atoms in total. The Labute approximate surface area is 202 Å². The zero-order chi connectivity index (χ0) is 23.7. The van der Waals surface area contributed by atoms with Crippen molar-refractivity contribution in [3.05, 3.63) is 98.9 Å². The Balaban J connectivity index is 1.50. The van der Waals surface area contributed by atoms with Crippen molar-refractivity contribution in [3.8, 4) is 0 Å². The molecule has 0 unspecified atom stereocenters. The van der Waals surface area contributed by atoms with Gasteiger partial charge in [0.15, 0.2) is 0 Å². The van der Waals surface area contributed by atoms with Gasteiger partial charge in [0, 0.05) is 16.3 Å². The predicted octanol–water partition coefficient (Wildman–Crippen LogP) is 5.82. The first-order chi connectivity index (χ1) is 15.8. The summed E-state index contributed by atoms with van der Waals surface area (Å²) in [7, 11) is 0. The average molecular weight is 505 g/mol. The highest BCUT2D eigenvalue weighted by molar-refractivity contribution is 6.54. The van der Waals surface area contributed by atoms with E-state index in [1.54, 1.807) is 6.07 Å². The largest absolute Gasteiger partial charge is 0.350 e. The van der Waals surface area contributed by atoms with Crippen molar-refractivity contribution < 1.29 is 18.8 Å². The van der Waals surface area contributed by atoms with Gasteiger partial charge in [0.25, 0.3) is 17.7 Å². The topological polar surface area (TPSA) is 78.5 Å². The van der Waals surface area contributed by atoms with Gasteiger partial charge in [-0.05, 0) is 54.6 Å². The molecule has 3 amide bonds. The molecular formula is C23H13Cl3FN3O3.